The predicted octanol–water partition coefficient (Wildman–Crippen LogP) is 5.77. The number of carboxylic acid groups (broad SMARTS) is 1. The van der Waals surface area contributed by atoms with E-state index >= 15 is 0 Å². The number of carbonyl (C=O) groups excluding carboxylic acids is 1. The number of carboxylic acids is 1. The van der Waals surface area contributed by atoms with Crippen LogP contribution in [0.2, 0.25) is 0 Å². The van der Waals surface area contributed by atoms with E-state index in [1.165, 1.54) is 29.5 Å². The Labute approximate surface area is 175 Å². The van der Waals surface area contributed by atoms with Crippen LogP contribution in [0.1, 0.15) is 93.7 Å². The zero-order valence-corrected chi connectivity index (χ0v) is 17.9. The molecule has 0 amide bonds. The fourth-order valence-electron chi connectivity index (χ4n) is 4.56. The SMILES string of the molecule is Cc1c(CCCCCC2(OC=O)CC2)cccc1CCCCCC1(C(=O)O)CC1. The first kappa shape index (κ1) is 21.9. The van der Waals surface area contributed by atoms with E-state index in [-0.39, 0.29) is 11.0 Å². The highest BCUT2D eigenvalue weighted by Gasteiger charge is 2.49. The van der Waals surface area contributed by atoms with Gasteiger partial charge < -0.3 is 9.84 Å². The van der Waals surface area contributed by atoms with Gasteiger partial charge in [0.15, 0.2) is 0 Å². The fraction of sp³-hybridized carbons (Fsp3) is 0.680. The van der Waals surface area contributed by atoms with Gasteiger partial charge in [0.2, 0.25) is 0 Å². The zero-order valence-electron chi connectivity index (χ0n) is 17.9. The van der Waals surface area contributed by atoms with Crippen molar-refractivity contribution in [3.63, 3.8) is 0 Å². The van der Waals surface area contributed by atoms with Gasteiger partial charge in [-0.3, -0.25) is 9.59 Å². The highest BCUT2D eigenvalue weighted by Crippen LogP contribution is 2.50. The molecule has 0 saturated heterocycles. The average Bonchev–Trinajstić information content (AvgIpc) is 3.61. The van der Waals surface area contributed by atoms with Crippen LogP contribution < -0.4 is 0 Å². The molecule has 0 bridgehead atoms. The van der Waals surface area contributed by atoms with Gasteiger partial charge in [0, 0.05) is 0 Å². The summed E-state index contributed by atoms with van der Waals surface area (Å²) in [5, 5.41) is 9.26. The molecule has 0 unspecified atom stereocenters. The van der Waals surface area contributed by atoms with E-state index in [4.69, 9.17) is 4.74 Å². The summed E-state index contributed by atoms with van der Waals surface area (Å²) >= 11 is 0. The van der Waals surface area contributed by atoms with E-state index in [1.54, 1.807) is 0 Å². The van der Waals surface area contributed by atoms with Crippen LogP contribution in [0.4, 0.5) is 0 Å². The van der Waals surface area contributed by atoms with Gasteiger partial charge in [0.25, 0.3) is 6.47 Å². The Morgan fingerprint density at radius 3 is 2.03 bits per heavy atom. The maximum Gasteiger partial charge on any atom is 0.309 e. The molecule has 1 N–H and O–H groups in total. The molecule has 1 aromatic carbocycles. The molecule has 4 heteroatoms. The Kier molecular flexibility index (Phi) is 7.37. The lowest BCUT2D eigenvalue weighted by atomic mass is 9.93. The van der Waals surface area contributed by atoms with E-state index in [2.05, 4.69) is 25.1 Å². The molecule has 0 aromatic heterocycles. The van der Waals surface area contributed by atoms with Gasteiger partial charge in [-0.15, -0.1) is 0 Å². The standard InChI is InChI=1S/C25H36O4/c1-20-21(9-4-2-6-13-24(15-16-24)23(27)28)11-8-12-22(20)10-5-3-7-14-25(17-18-25)29-19-26/h8,11-12,19H,2-7,9-10,13-18H2,1H3,(H,27,28). The molecule has 0 aliphatic heterocycles. The highest BCUT2D eigenvalue weighted by atomic mass is 16.5. The van der Waals surface area contributed by atoms with E-state index in [0.717, 1.165) is 77.0 Å². The fourth-order valence-corrected chi connectivity index (χ4v) is 4.56. The number of ether oxygens (including phenoxy) is 1. The van der Waals surface area contributed by atoms with E-state index in [9.17, 15) is 14.7 Å². The second-order valence-corrected chi connectivity index (χ2v) is 9.31. The third-order valence-electron chi connectivity index (χ3n) is 7.15. The summed E-state index contributed by atoms with van der Waals surface area (Å²) in [5.41, 5.74) is 3.85. The van der Waals surface area contributed by atoms with Gasteiger partial charge in [-0.2, -0.15) is 0 Å². The normalized spacial score (nSPS) is 18.2. The van der Waals surface area contributed by atoms with Crippen molar-refractivity contribution >= 4 is 12.4 Å². The smallest absolute Gasteiger partial charge is 0.309 e. The third kappa shape index (κ3) is 6.07. The van der Waals surface area contributed by atoms with Crippen molar-refractivity contribution in [3.05, 3.63) is 34.9 Å². The van der Waals surface area contributed by atoms with Crippen molar-refractivity contribution in [2.45, 2.75) is 102 Å². The minimum atomic E-state index is -0.593. The molecular weight excluding hydrogens is 364 g/mol. The lowest BCUT2D eigenvalue weighted by Crippen LogP contribution is -2.14. The van der Waals surface area contributed by atoms with Crippen molar-refractivity contribution in [1.29, 1.82) is 0 Å². The van der Waals surface area contributed by atoms with Crippen molar-refractivity contribution in [2.24, 2.45) is 5.41 Å². The third-order valence-corrected chi connectivity index (χ3v) is 7.15. The summed E-state index contributed by atoms with van der Waals surface area (Å²) in [6.45, 7) is 2.85. The molecule has 1 aromatic rings. The summed E-state index contributed by atoms with van der Waals surface area (Å²) in [6, 6.07) is 6.67. The summed E-state index contributed by atoms with van der Waals surface area (Å²) < 4.78 is 5.22. The maximum absolute atomic E-state index is 11.2. The van der Waals surface area contributed by atoms with Gasteiger partial charge in [-0.05, 0) is 94.2 Å². The molecule has 2 saturated carbocycles. The molecule has 0 radical (unpaired) electrons. The summed E-state index contributed by atoms with van der Waals surface area (Å²) in [7, 11) is 0. The Hall–Kier alpha value is -1.84. The van der Waals surface area contributed by atoms with Crippen LogP contribution in [0.5, 0.6) is 0 Å². The predicted molar refractivity (Wildman–Crippen MR) is 114 cm³/mol. The minimum absolute atomic E-state index is 0.110. The quantitative estimate of drug-likeness (QED) is 0.300. The highest BCUT2D eigenvalue weighted by molar-refractivity contribution is 5.77. The number of rotatable bonds is 15. The molecule has 2 aliphatic carbocycles. The average molecular weight is 401 g/mol. The molecule has 2 fully saturated rings. The van der Waals surface area contributed by atoms with Gasteiger partial charge in [-0.1, -0.05) is 37.5 Å². The second kappa shape index (κ2) is 9.77. The van der Waals surface area contributed by atoms with Gasteiger partial charge in [0.1, 0.15) is 5.60 Å². The first-order valence-electron chi connectivity index (χ1n) is 11.4. The monoisotopic (exact) mass is 400 g/mol. The van der Waals surface area contributed by atoms with Crippen LogP contribution in [0.3, 0.4) is 0 Å². The lowest BCUT2D eigenvalue weighted by molar-refractivity contribution is -0.143. The first-order chi connectivity index (χ1) is 14.0. The number of benzene rings is 1. The van der Waals surface area contributed by atoms with E-state index in [0.29, 0.717) is 6.47 Å². The number of carbonyl (C=O) groups is 2. The molecule has 0 spiro atoms. The van der Waals surface area contributed by atoms with E-state index in [1.807, 2.05) is 0 Å². The number of hydrogen-bond donors (Lipinski definition) is 1. The number of aryl methyl sites for hydroxylation is 2. The molecule has 4 nitrogen and oxygen atoms in total. The minimum Gasteiger partial charge on any atom is -0.481 e. The molecule has 160 valence electrons. The van der Waals surface area contributed by atoms with Crippen LogP contribution >= 0.6 is 0 Å². The van der Waals surface area contributed by atoms with Crippen LogP contribution in [-0.4, -0.2) is 23.1 Å². The van der Waals surface area contributed by atoms with Crippen molar-refractivity contribution in [1.82, 2.24) is 0 Å². The molecule has 0 atom stereocenters. The first-order valence-corrected chi connectivity index (χ1v) is 11.4. The van der Waals surface area contributed by atoms with Gasteiger partial charge in [0.05, 0.1) is 5.41 Å². The van der Waals surface area contributed by atoms with Crippen LogP contribution in [0.15, 0.2) is 18.2 Å². The largest absolute Gasteiger partial charge is 0.481 e. The topological polar surface area (TPSA) is 63.6 Å². The van der Waals surface area contributed by atoms with Crippen molar-refractivity contribution in [2.75, 3.05) is 0 Å². The lowest BCUT2D eigenvalue weighted by Gasteiger charge is -2.14. The molecule has 2 aliphatic rings. The zero-order chi connectivity index (χ0) is 20.7. The van der Waals surface area contributed by atoms with Crippen molar-refractivity contribution in [3.8, 4) is 0 Å². The van der Waals surface area contributed by atoms with Crippen LogP contribution in [0.25, 0.3) is 0 Å². The second-order valence-electron chi connectivity index (χ2n) is 9.31. The maximum atomic E-state index is 11.2. The number of unbranched alkanes of at least 4 members (excludes halogenated alkanes) is 4. The number of aliphatic carboxylic acids is 1. The molecular formula is C25H36O4. The van der Waals surface area contributed by atoms with E-state index < -0.39 is 5.97 Å². The molecule has 3 rings (SSSR count). The van der Waals surface area contributed by atoms with Gasteiger partial charge in [-0.25, -0.2) is 0 Å². The summed E-state index contributed by atoms with van der Waals surface area (Å²) in [5.74, 6) is -0.593. The summed E-state index contributed by atoms with van der Waals surface area (Å²) in [6.07, 6.45) is 14.6. The van der Waals surface area contributed by atoms with Crippen LogP contribution in [-0.2, 0) is 27.2 Å². The Balaban J connectivity index is 1.33. The molecule has 29 heavy (non-hydrogen) atoms. The van der Waals surface area contributed by atoms with Gasteiger partial charge >= 0.3 is 5.97 Å². The van der Waals surface area contributed by atoms with Crippen molar-refractivity contribution < 1.29 is 19.4 Å². The molecule has 0 heterocycles. The number of hydrogen-bond acceptors (Lipinski definition) is 3. The summed E-state index contributed by atoms with van der Waals surface area (Å²) in [4.78, 5) is 21.8. The Bertz CT molecular complexity index is 701. The van der Waals surface area contributed by atoms with Crippen LogP contribution in [0, 0.1) is 12.3 Å². The Morgan fingerprint density at radius 2 is 1.55 bits per heavy atom. The Morgan fingerprint density at radius 1 is 0.966 bits per heavy atom.